The molecule has 1 aliphatic rings. The van der Waals surface area contributed by atoms with E-state index in [-0.39, 0.29) is 5.75 Å². The Labute approximate surface area is 155 Å². The van der Waals surface area contributed by atoms with E-state index in [4.69, 9.17) is 9.26 Å². The summed E-state index contributed by atoms with van der Waals surface area (Å²) >= 11 is 0. The molecule has 0 aliphatic carbocycles. The summed E-state index contributed by atoms with van der Waals surface area (Å²) in [4.78, 5) is 6.34. The second-order valence-corrected chi connectivity index (χ2v) is 8.04. The van der Waals surface area contributed by atoms with Crippen molar-refractivity contribution in [3.63, 3.8) is 0 Å². The zero-order valence-electron chi connectivity index (χ0n) is 15.6. The van der Waals surface area contributed by atoms with Crippen molar-refractivity contribution in [2.45, 2.75) is 25.5 Å². The summed E-state index contributed by atoms with van der Waals surface area (Å²) < 4.78 is 36.7. The van der Waals surface area contributed by atoms with Gasteiger partial charge in [-0.3, -0.25) is 4.99 Å². The second kappa shape index (κ2) is 10.5. The van der Waals surface area contributed by atoms with E-state index >= 15 is 0 Å². The van der Waals surface area contributed by atoms with Crippen LogP contribution in [-0.4, -0.2) is 81.7 Å². The molecule has 2 heterocycles. The smallest absolute Gasteiger partial charge is 0.220 e. The molecule has 0 spiro atoms. The van der Waals surface area contributed by atoms with Gasteiger partial charge in [-0.05, 0) is 6.42 Å². The summed E-state index contributed by atoms with van der Waals surface area (Å²) in [6.45, 7) is 6.25. The van der Waals surface area contributed by atoms with Gasteiger partial charge in [0.25, 0.3) is 0 Å². The molecule has 0 bridgehead atoms. The van der Waals surface area contributed by atoms with Gasteiger partial charge in [-0.15, -0.1) is 0 Å². The standard InChI is InChI=1S/C16H29N5O4S/c1-3-4-11-24-13-6-18-16(17-2)20-7-9-21(10-8-20)26(22,23)14-15-5-12-25-19-15/h5,12H,3-4,6-11,13-14H2,1-2H3,(H,17,18). The summed E-state index contributed by atoms with van der Waals surface area (Å²) in [5.41, 5.74) is 0.424. The van der Waals surface area contributed by atoms with Crippen LogP contribution in [0.1, 0.15) is 25.5 Å². The first kappa shape index (κ1) is 20.7. The molecule has 10 heteroatoms. The highest BCUT2D eigenvalue weighted by Gasteiger charge is 2.28. The van der Waals surface area contributed by atoms with E-state index in [1.54, 1.807) is 13.1 Å². The maximum atomic E-state index is 12.5. The molecule has 0 saturated carbocycles. The molecule has 0 atom stereocenters. The Morgan fingerprint density at radius 3 is 2.73 bits per heavy atom. The molecular formula is C16H29N5O4S. The highest BCUT2D eigenvalue weighted by Crippen LogP contribution is 2.12. The van der Waals surface area contributed by atoms with Crippen LogP contribution in [0.2, 0.25) is 0 Å². The number of nitrogens with zero attached hydrogens (tertiary/aromatic N) is 4. The monoisotopic (exact) mass is 387 g/mol. The largest absolute Gasteiger partial charge is 0.380 e. The van der Waals surface area contributed by atoms with Crippen molar-refractivity contribution in [2.24, 2.45) is 4.99 Å². The normalized spacial score (nSPS) is 16.8. The number of aromatic nitrogens is 1. The van der Waals surface area contributed by atoms with Crippen LogP contribution in [0.4, 0.5) is 0 Å². The lowest BCUT2D eigenvalue weighted by Gasteiger charge is -2.35. The Morgan fingerprint density at radius 2 is 2.12 bits per heavy atom. The molecule has 1 aromatic rings. The predicted molar refractivity (Wildman–Crippen MR) is 99.4 cm³/mol. The lowest BCUT2D eigenvalue weighted by atomic mass is 10.4. The Bertz CT molecular complexity index is 640. The van der Waals surface area contributed by atoms with Gasteiger partial charge < -0.3 is 19.5 Å². The molecule has 1 fully saturated rings. The molecule has 148 valence electrons. The summed E-state index contributed by atoms with van der Waals surface area (Å²) in [6, 6.07) is 1.57. The van der Waals surface area contributed by atoms with Crippen LogP contribution in [-0.2, 0) is 20.5 Å². The highest BCUT2D eigenvalue weighted by atomic mass is 32.2. The van der Waals surface area contributed by atoms with Crippen molar-refractivity contribution in [3.8, 4) is 0 Å². The third kappa shape index (κ3) is 6.26. The van der Waals surface area contributed by atoms with Crippen molar-refractivity contribution in [1.29, 1.82) is 0 Å². The minimum atomic E-state index is -3.39. The van der Waals surface area contributed by atoms with Gasteiger partial charge in [-0.1, -0.05) is 18.5 Å². The molecule has 9 nitrogen and oxygen atoms in total. The number of piperazine rings is 1. The minimum Gasteiger partial charge on any atom is -0.380 e. The third-order valence-electron chi connectivity index (χ3n) is 4.14. The number of rotatable bonds is 9. The predicted octanol–water partition coefficient (Wildman–Crippen LogP) is 0.514. The van der Waals surface area contributed by atoms with Gasteiger partial charge >= 0.3 is 0 Å². The van der Waals surface area contributed by atoms with Crippen molar-refractivity contribution < 1.29 is 17.7 Å². The van der Waals surface area contributed by atoms with E-state index in [1.807, 2.05) is 0 Å². The number of ether oxygens (including phenoxy) is 1. The molecule has 0 amide bonds. The molecule has 0 unspecified atom stereocenters. The van der Waals surface area contributed by atoms with Crippen LogP contribution in [0.3, 0.4) is 0 Å². The summed E-state index contributed by atoms with van der Waals surface area (Å²) in [5, 5.41) is 6.95. The van der Waals surface area contributed by atoms with Crippen molar-refractivity contribution in [3.05, 3.63) is 18.0 Å². The molecule has 2 rings (SSSR count). The van der Waals surface area contributed by atoms with E-state index in [0.717, 1.165) is 25.4 Å². The quantitative estimate of drug-likeness (QED) is 0.374. The van der Waals surface area contributed by atoms with E-state index < -0.39 is 10.0 Å². The van der Waals surface area contributed by atoms with Crippen molar-refractivity contribution in [1.82, 2.24) is 19.7 Å². The maximum absolute atomic E-state index is 12.5. The fraction of sp³-hybridized carbons (Fsp3) is 0.750. The van der Waals surface area contributed by atoms with Crippen LogP contribution in [0.15, 0.2) is 21.8 Å². The number of aliphatic imine (C=N–C) groups is 1. The SMILES string of the molecule is CCCCOCCNC(=NC)N1CCN(S(=O)(=O)Cc2ccon2)CC1. The number of hydrogen-bond donors (Lipinski definition) is 1. The molecular weight excluding hydrogens is 358 g/mol. The van der Waals surface area contributed by atoms with Crippen molar-refractivity contribution >= 4 is 16.0 Å². The third-order valence-corrected chi connectivity index (χ3v) is 5.95. The van der Waals surface area contributed by atoms with Crippen LogP contribution in [0.25, 0.3) is 0 Å². The summed E-state index contributed by atoms with van der Waals surface area (Å²) in [5.74, 6) is 0.642. The number of sulfonamides is 1. The average Bonchev–Trinajstić information content (AvgIpc) is 3.14. The van der Waals surface area contributed by atoms with Crippen LogP contribution in [0.5, 0.6) is 0 Å². The first-order valence-electron chi connectivity index (χ1n) is 8.97. The summed E-state index contributed by atoms with van der Waals surface area (Å²) in [7, 11) is -1.66. The van der Waals surface area contributed by atoms with Gasteiger partial charge in [0, 0.05) is 52.4 Å². The fourth-order valence-corrected chi connectivity index (χ4v) is 4.11. The first-order chi connectivity index (χ1) is 12.6. The minimum absolute atomic E-state index is 0.133. The van der Waals surface area contributed by atoms with E-state index in [0.29, 0.717) is 45.0 Å². The van der Waals surface area contributed by atoms with Crippen LogP contribution >= 0.6 is 0 Å². The van der Waals surface area contributed by atoms with Gasteiger partial charge in [-0.2, -0.15) is 4.31 Å². The molecule has 0 radical (unpaired) electrons. The average molecular weight is 388 g/mol. The fourth-order valence-electron chi connectivity index (χ4n) is 2.68. The summed E-state index contributed by atoms with van der Waals surface area (Å²) in [6.07, 6.45) is 3.57. The Hall–Kier alpha value is -1.65. The van der Waals surface area contributed by atoms with Gasteiger partial charge in [0.2, 0.25) is 10.0 Å². The van der Waals surface area contributed by atoms with Crippen molar-refractivity contribution in [2.75, 3.05) is 53.0 Å². The number of unbranched alkanes of at least 4 members (excludes halogenated alkanes) is 1. The van der Waals surface area contributed by atoms with Gasteiger partial charge in [0.05, 0.1) is 12.3 Å². The zero-order chi connectivity index (χ0) is 18.8. The lowest BCUT2D eigenvalue weighted by molar-refractivity contribution is 0.135. The van der Waals surface area contributed by atoms with E-state index in [2.05, 4.69) is 27.3 Å². The topological polar surface area (TPSA) is 100 Å². The molecule has 1 aromatic heterocycles. The number of nitrogens with one attached hydrogen (secondary N) is 1. The Morgan fingerprint density at radius 1 is 1.35 bits per heavy atom. The van der Waals surface area contributed by atoms with E-state index in [9.17, 15) is 8.42 Å². The first-order valence-corrected chi connectivity index (χ1v) is 10.6. The second-order valence-electron chi connectivity index (χ2n) is 6.07. The highest BCUT2D eigenvalue weighted by molar-refractivity contribution is 7.88. The molecule has 1 aliphatic heterocycles. The molecule has 1 N–H and O–H groups in total. The van der Waals surface area contributed by atoms with Gasteiger partial charge in [-0.25, -0.2) is 8.42 Å². The van der Waals surface area contributed by atoms with Crippen LogP contribution < -0.4 is 5.32 Å². The molecule has 26 heavy (non-hydrogen) atoms. The van der Waals surface area contributed by atoms with Gasteiger partial charge in [0.15, 0.2) is 5.96 Å². The number of guanidine groups is 1. The van der Waals surface area contributed by atoms with E-state index in [1.165, 1.54) is 10.6 Å². The Kier molecular flexibility index (Phi) is 8.33. The molecule has 0 aromatic carbocycles. The Balaban J connectivity index is 1.75. The van der Waals surface area contributed by atoms with Gasteiger partial charge in [0.1, 0.15) is 12.0 Å². The lowest BCUT2D eigenvalue weighted by Crippen LogP contribution is -2.54. The van der Waals surface area contributed by atoms with Crippen LogP contribution in [0, 0.1) is 0 Å². The maximum Gasteiger partial charge on any atom is 0.220 e. The zero-order valence-corrected chi connectivity index (χ0v) is 16.4. The number of hydrogen-bond acceptors (Lipinski definition) is 6. The molecule has 1 saturated heterocycles.